The van der Waals surface area contributed by atoms with E-state index in [2.05, 4.69) is 5.32 Å². The molecule has 0 saturated carbocycles. The number of carbonyl (C=O) groups is 2. The van der Waals surface area contributed by atoms with E-state index in [0.29, 0.717) is 12.2 Å². The Morgan fingerprint density at radius 2 is 1.95 bits per heavy atom. The van der Waals surface area contributed by atoms with Gasteiger partial charge in [-0.2, -0.15) is 0 Å². The van der Waals surface area contributed by atoms with Crippen LogP contribution in [0.25, 0.3) is 0 Å². The Hall–Kier alpha value is -2.48. The summed E-state index contributed by atoms with van der Waals surface area (Å²) in [6.07, 6.45) is 0. The number of nitrogens with one attached hydrogen (secondary N) is 1. The van der Waals surface area contributed by atoms with Gasteiger partial charge >= 0.3 is 0 Å². The number of anilines is 1. The lowest BCUT2D eigenvalue weighted by molar-refractivity contribution is -0.384. The predicted octanol–water partition coefficient (Wildman–Crippen LogP) is 0.729. The molecule has 0 aliphatic rings. The van der Waals surface area contributed by atoms with Crippen molar-refractivity contribution < 1.29 is 14.5 Å². The summed E-state index contributed by atoms with van der Waals surface area (Å²) < 4.78 is 0. The summed E-state index contributed by atoms with van der Waals surface area (Å²) in [5.41, 5.74) is 5.86. The highest BCUT2D eigenvalue weighted by atomic mass is 16.6. The first-order valence-electron chi connectivity index (χ1n) is 6.43. The summed E-state index contributed by atoms with van der Waals surface area (Å²) in [4.78, 5) is 34.9. The number of non-ortho nitro benzene ring substituents is 1. The monoisotopic (exact) mass is 294 g/mol. The maximum absolute atomic E-state index is 11.8. The molecule has 2 amide bonds. The van der Waals surface area contributed by atoms with E-state index in [1.165, 1.54) is 29.2 Å². The third-order valence-electron chi connectivity index (χ3n) is 2.78. The summed E-state index contributed by atoms with van der Waals surface area (Å²) in [6, 6.07) is 4.78. The molecule has 0 unspecified atom stereocenters. The van der Waals surface area contributed by atoms with Crippen LogP contribution in [0.3, 0.4) is 0 Å². The van der Waals surface area contributed by atoms with E-state index in [1.807, 2.05) is 0 Å². The van der Waals surface area contributed by atoms with Gasteiger partial charge in [-0.15, -0.1) is 0 Å². The number of carbonyl (C=O) groups excluding carboxylic acids is 2. The third-order valence-corrected chi connectivity index (χ3v) is 2.78. The topological polar surface area (TPSA) is 119 Å². The fourth-order valence-electron chi connectivity index (χ4n) is 1.67. The standard InChI is InChI=1S/C13H18N4O4/c1-3-16(13(19)9(2)14)8-12(18)15-10-4-6-11(7-5-10)17(20)21/h4-7,9H,3,8,14H2,1-2H3,(H,15,18)/t9-/m0/s1. The van der Waals surface area contributed by atoms with Gasteiger partial charge in [0.25, 0.3) is 5.69 Å². The Kier molecular flexibility index (Phi) is 5.79. The minimum absolute atomic E-state index is 0.0599. The predicted molar refractivity (Wildman–Crippen MR) is 77.6 cm³/mol. The molecule has 8 heteroatoms. The summed E-state index contributed by atoms with van der Waals surface area (Å²) in [6.45, 7) is 3.56. The maximum Gasteiger partial charge on any atom is 0.269 e. The molecule has 8 nitrogen and oxygen atoms in total. The third kappa shape index (κ3) is 4.84. The Bertz CT molecular complexity index is 527. The average Bonchev–Trinajstić information content (AvgIpc) is 2.44. The quantitative estimate of drug-likeness (QED) is 0.592. The summed E-state index contributed by atoms with van der Waals surface area (Å²) in [5.74, 6) is -0.698. The highest BCUT2D eigenvalue weighted by Crippen LogP contribution is 2.15. The Morgan fingerprint density at radius 1 is 1.38 bits per heavy atom. The normalized spacial score (nSPS) is 11.6. The minimum Gasteiger partial charge on any atom is -0.332 e. The Labute approximate surface area is 122 Å². The second kappa shape index (κ2) is 7.34. The zero-order valence-corrected chi connectivity index (χ0v) is 11.9. The highest BCUT2D eigenvalue weighted by Gasteiger charge is 2.18. The van der Waals surface area contributed by atoms with Gasteiger partial charge in [0.1, 0.15) is 0 Å². The van der Waals surface area contributed by atoms with Gasteiger partial charge in [0, 0.05) is 24.4 Å². The highest BCUT2D eigenvalue weighted by molar-refractivity contribution is 5.95. The Morgan fingerprint density at radius 3 is 2.38 bits per heavy atom. The molecule has 0 bridgehead atoms. The van der Waals surface area contributed by atoms with Gasteiger partial charge in [0.2, 0.25) is 11.8 Å². The van der Waals surface area contributed by atoms with Crippen LogP contribution < -0.4 is 11.1 Å². The van der Waals surface area contributed by atoms with Crippen LogP contribution in [0.4, 0.5) is 11.4 Å². The van der Waals surface area contributed by atoms with Crippen molar-refractivity contribution in [1.29, 1.82) is 0 Å². The van der Waals surface area contributed by atoms with Crippen LogP contribution in [0.2, 0.25) is 0 Å². The summed E-state index contributed by atoms with van der Waals surface area (Å²) in [5, 5.41) is 13.1. The van der Waals surface area contributed by atoms with Gasteiger partial charge in [0.05, 0.1) is 17.5 Å². The summed E-state index contributed by atoms with van der Waals surface area (Å²) >= 11 is 0. The molecule has 0 spiro atoms. The van der Waals surface area contributed by atoms with Crippen LogP contribution in [0.5, 0.6) is 0 Å². The van der Waals surface area contributed by atoms with Crippen LogP contribution >= 0.6 is 0 Å². The molecule has 1 atom stereocenters. The molecule has 0 radical (unpaired) electrons. The Balaban J connectivity index is 2.64. The molecule has 3 N–H and O–H groups in total. The smallest absolute Gasteiger partial charge is 0.269 e. The molecule has 114 valence electrons. The van der Waals surface area contributed by atoms with Gasteiger partial charge < -0.3 is 16.0 Å². The number of nitro groups is 1. The van der Waals surface area contributed by atoms with Crippen molar-refractivity contribution in [2.75, 3.05) is 18.4 Å². The number of hydrogen-bond donors (Lipinski definition) is 2. The lowest BCUT2D eigenvalue weighted by Crippen LogP contribution is -2.45. The molecule has 1 rings (SSSR count). The van der Waals surface area contributed by atoms with Gasteiger partial charge in [-0.1, -0.05) is 0 Å². The van der Waals surface area contributed by atoms with E-state index in [4.69, 9.17) is 5.73 Å². The molecular weight excluding hydrogens is 276 g/mol. The van der Waals surface area contributed by atoms with Crippen LogP contribution in [0.15, 0.2) is 24.3 Å². The van der Waals surface area contributed by atoms with E-state index in [1.54, 1.807) is 13.8 Å². The first-order chi connectivity index (χ1) is 9.85. The van der Waals surface area contributed by atoms with Gasteiger partial charge in [-0.25, -0.2) is 0 Å². The fourth-order valence-corrected chi connectivity index (χ4v) is 1.67. The van der Waals surface area contributed by atoms with Crippen LogP contribution in [-0.4, -0.2) is 40.8 Å². The molecule has 0 aromatic heterocycles. The van der Waals surface area contributed by atoms with Crippen molar-refractivity contribution in [3.8, 4) is 0 Å². The lowest BCUT2D eigenvalue weighted by Gasteiger charge is -2.22. The molecule has 0 aliphatic heterocycles. The number of hydrogen-bond acceptors (Lipinski definition) is 5. The largest absolute Gasteiger partial charge is 0.332 e. The van der Waals surface area contributed by atoms with Crippen molar-refractivity contribution in [2.24, 2.45) is 5.73 Å². The summed E-state index contributed by atoms with van der Waals surface area (Å²) in [7, 11) is 0. The number of nitro benzene ring substituents is 1. The molecule has 0 aliphatic carbocycles. The van der Waals surface area contributed by atoms with Gasteiger partial charge in [-0.3, -0.25) is 19.7 Å². The van der Waals surface area contributed by atoms with Crippen molar-refractivity contribution in [1.82, 2.24) is 4.90 Å². The number of nitrogens with zero attached hydrogens (tertiary/aromatic N) is 2. The number of amides is 2. The molecule has 21 heavy (non-hydrogen) atoms. The fraction of sp³-hybridized carbons (Fsp3) is 0.385. The molecule has 0 fully saturated rings. The van der Waals surface area contributed by atoms with Crippen molar-refractivity contribution in [3.05, 3.63) is 34.4 Å². The second-order valence-electron chi connectivity index (χ2n) is 4.49. The van der Waals surface area contributed by atoms with Crippen LogP contribution in [0, 0.1) is 10.1 Å². The van der Waals surface area contributed by atoms with Crippen LogP contribution in [0.1, 0.15) is 13.8 Å². The van der Waals surface area contributed by atoms with Crippen LogP contribution in [-0.2, 0) is 9.59 Å². The van der Waals surface area contributed by atoms with E-state index < -0.39 is 11.0 Å². The van der Waals surface area contributed by atoms with Crippen molar-refractivity contribution in [2.45, 2.75) is 19.9 Å². The van der Waals surface area contributed by atoms with Gasteiger partial charge in [-0.05, 0) is 26.0 Å². The lowest BCUT2D eigenvalue weighted by atomic mass is 10.2. The average molecular weight is 294 g/mol. The van der Waals surface area contributed by atoms with E-state index >= 15 is 0 Å². The first-order valence-corrected chi connectivity index (χ1v) is 6.43. The molecular formula is C13H18N4O4. The minimum atomic E-state index is -0.669. The zero-order chi connectivity index (χ0) is 16.0. The van der Waals surface area contributed by atoms with E-state index in [0.717, 1.165) is 0 Å². The number of benzene rings is 1. The molecule has 1 aromatic rings. The van der Waals surface area contributed by atoms with Crippen molar-refractivity contribution >= 4 is 23.2 Å². The number of nitrogens with two attached hydrogens (primary N) is 1. The SMILES string of the molecule is CCN(CC(=O)Nc1ccc([N+](=O)[O-])cc1)C(=O)[C@H](C)N. The number of likely N-dealkylation sites (N-methyl/N-ethyl adjacent to an activating group) is 1. The van der Waals surface area contributed by atoms with E-state index in [9.17, 15) is 19.7 Å². The van der Waals surface area contributed by atoms with Gasteiger partial charge in [0.15, 0.2) is 0 Å². The second-order valence-corrected chi connectivity index (χ2v) is 4.49. The number of rotatable bonds is 6. The van der Waals surface area contributed by atoms with E-state index in [-0.39, 0.29) is 24.0 Å². The zero-order valence-electron chi connectivity index (χ0n) is 11.9. The molecule has 0 heterocycles. The first kappa shape index (κ1) is 16.6. The molecule has 1 aromatic carbocycles. The molecule has 0 saturated heterocycles. The maximum atomic E-state index is 11.8. The van der Waals surface area contributed by atoms with Crippen molar-refractivity contribution in [3.63, 3.8) is 0 Å².